The number of hydrogen-bond acceptors (Lipinski definition) is 4. The lowest BCUT2D eigenvalue weighted by molar-refractivity contribution is -0.0506. The molecule has 0 aromatic heterocycles. The predicted molar refractivity (Wildman–Crippen MR) is 75.2 cm³/mol. The molecule has 3 N–H and O–H groups in total. The van der Waals surface area contributed by atoms with Crippen molar-refractivity contribution in [2.45, 2.75) is 12.7 Å². The molecule has 0 aliphatic rings. The van der Waals surface area contributed by atoms with Crippen LogP contribution in [0, 0.1) is 0 Å². The van der Waals surface area contributed by atoms with Crippen LogP contribution in [0.2, 0.25) is 0 Å². The third-order valence-corrected chi connectivity index (χ3v) is 3.06. The first-order chi connectivity index (χ1) is 10.2. The second kappa shape index (κ2) is 7.01. The van der Waals surface area contributed by atoms with Gasteiger partial charge in [-0.1, -0.05) is 36.4 Å². The molecule has 0 radical (unpaired) electrons. The zero-order valence-corrected chi connectivity index (χ0v) is 11.4. The minimum absolute atomic E-state index is 0.0707. The van der Waals surface area contributed by atoms with Gasteiger partial charge < -0.3 is 9.47 Å². The van der Waals surface area contributed by atoms with Crippen LogP contribution in [0.25, 0.3) is 0 Å². The van der Waals surface area contributed by atoms with Crippen molar-refractivity contribution in [1.29, 1.82) is 0 Å². The first-order valence-electron chi connectivity index (χ1n) is 6.30. The SMILES string of the molecule is COc1ccccc1C(NN)c1ccccc1OC(F)F. The Hall–Kier alpha value is -2.18. The molecule has 21 heavy (non-hydrogen) atoms. The number of hydrogen-bond donors (Lipinski definition) is 2. The summed E-state index contributed by atoms with van der Waals surface area (Å²) in [6.07, 6.45) is 0. The fraction of sp³-hybridized carbons (Fsp3) is 0.200. The van der Waals surface area contributed by atoms with E-state index in [4.69, 9.17) is 10.6 Å². The Bertz CT molecular complexity index is 593. The van der Waals surface area contributed by atoms with E-state index in [0.29, 0.717) is 11.3 Å². The van der Waals surface area contributed by atoms with Crippen LogP contribution in [0.5, 0.6) is 11.5 Å². The standard InChI is InChI=1S/C15H16F2N2O2/c1-20-12-8-4-2-6-10(12)14(19-18)11-7-3-5-9-13(11)21-15(16)17/h2-9,14-15,19H,18H2,1H3. The van der Waals surface area contributed by atoms with Gasteiger partial charge in [0.05, 0.1) is 13.2 Å². The van der Waals surface area contributed by atoms with Gasteiger partial charge in [-0.2, -0.15) is 8.78 Å². The van der Waals surface area contributed by atoms with Crippen molar-refractivity contribution < 1.29 is 18.3 Å². The Morgan fingerprint density at radius 1 is 0.952 bits per heavy atom. The maximum atomic E-state index is 12.5. The molecule has 0 fully saturated rings. The molecule has 1 atom stereocenters. The van der Waals surface area contributed by atoms with Gasteiger partial charge in [0.2, 0.25) is 0 Å². The Labute approximate surface area is 121 Å². The lowest BCUT2D eigenvalue weighted by atomic mass is 9.97. The minimum Gasteiger partial charge on any atom is -0.496 e. The molecule has 0 bridgehead atoms. The molecule has 6 heteroatoms. The molecule has 0 saturated carbocycles. The quantitative estimate of drug-likeness (QED) is 0.635. The highest BCUT2D eigenvalue weighted by molar-refractivity contribution is 5.46. The van der Waals surface area contributed by atoms with Crippen LogP contribution in [-0.4, -0.2) is 13.7 Å². The van der Waals surface area contributed by atoms with E-state index in [1.54, 1.807) is 24.3 Å². The fourth-order valence-corrected chi connectivity index (χ4v) is 2.17. The number of benzene rings is 2. The molecule has 2 aromatic rings. The van der Waals surface area contributed by atoms with Gasteiger partial charge in [-0.25, -0.2) is 5.43 Å². The summed E-state index contributed by atoms with van der Waals surface area (Å²) in [7, 11) is 1.54. The molecule has 0 heterocycles. The van der Waals surface area contributed by atoms with Crippen molar-refractivity contribution in [3.05, 3.63) is 59.7 Å². The Morgan fingerprint density at radius 3 is 2.00 bits per heavy atom. The van der Waals surface area contributed by atoms with Crippen molar-refractivity contribution in [3.63, 3.8) is 0 Å². The molecule has 2 aromatic carbocycles. The van der Waals surface area contributed by atoms with E-state index < -0.39 is 12.7 Å². The summed E-state index contributed by atoms with van der Waals surface area (Å²) in [5.74, 6) is 6.29. The lowest BCUT2D eigenvalue weighted by Crippen LogP contribution is -2.29. The average molecular weight is 294 g/mol. The fourth-order valence-electron chi connectivity index (χ4n) is 2.17. The number of halogens is 2. The molecule has 0 aliphatic carbocycles. The average Bonchev–Trinajstić information content (AvgIpc) is 2.49. The predicted octanol–water partition coefficient (Wildman–Crippen LogP) is 2.85. The Morgan fingerprint density at radius 2 is 1.48 bits per heavy atom. The van der Waals surface area contributed by atoms with E-state index in [0.717, 1.165) is 5.56 Å². The van der Waals surface area contributed by atoms with Gasteiger partial charge in [0.1, 0.15) is 11.5 Å². The molecule has 2 rings (SSSR count). The van der Waals surface area contributed by atoms with Crippen molar-refractivity contribution in [1.82, 2.24) is 5.43 Å². The zero-order valence-electron chi connectivity index (χ0n) is 11.4. The summed E-state index contributed by atoms with van der Waals surface area (Å²) >= 11 is 0. The second-order valence-corrected chi connectivity index (χ2v) is 4.26. The van der Waals surface area contributed by atoms with Crippen molar-refractivity contribution >= 4 is 0 Å². The maximum Gasteiger partial charge on any atom is 0.387 e. The highest BCUT2D eigenvalue weighted by Crippen LogP contribution is 2.34. The monoisotopic (exact) mass is 294 g/mol. The number of methoxy groups -OCH3 is 1. The molecule has 112 valence electrons. The molecule has 0 aliphatic heterocycles. The van der Waals surface area contributed by atoms with E-state index in [2.05, 4.69) is 10.2 Å². The highest BCUT2D eigenvalue weighted by Gasteiger charge is 2.21. The van der Waals surface area contributed by atoms with E-state index in [9.17, 15) is 8.78 Å². The van der Waals surface area contributed by atoms with E-state index in [1.165, 1.54) is 13.2 Å². The molecular formula is C15H16F2N2O2. The number of alkyl halides is 2. The largest absolute Gasteiger partial charge is 0.496 e. The van der Waals surface area contributed by atoms with Gasteiger partial charge in [-0.3, -0.25) is 5.84 Å². The van der Waals surface area contributed by atoms with E-state index >= 15 is 0 Å². The molecule has 4 nitrogen and oxygen atoms in total. The van der Waals surface area contributed by atoms with Crippen molar-refractivity contribution in [2.75, 3.05) is 7.11 Å². The third-order valence-electron chi connectivity index (χ3n) is 3.06. The van der Waals surface area contributed by atoms with Gasteiger partial charge in [-0.15, -0.1) is 0 Å². The van der Waals surface area contributed by atoms with Crippen LogP contribution in [-0.2, 0) is 0 Å². The Kier molecular flexibility index (Phi) is 5.08. The van der Waals surface area contributed by atoms with Crippen molar-refractivity contribution in [2.24, 2.45) is 5.84 Å². The first kappa shape index (κ1) is 15.2. The minimum atomic E-state index is -2.90. The molecule has 0 spiro atoms. The molecular weight excluding hydrogens is 278 g/mol. The summed E-state index contributed by atoms with van der Waals surface area (Å²) in [6, 6.07) is 13.2. The summed E-state index contributed by atoms with van der Waals surface area (Å²) in [5.41, 5.74) is 3.85. The number of nitrogens with one attached hydrogen (secondary N) is 1. The number of nitrogens with two attached hydrogens (primary N) is 1. The summed E-state index contributed by atoms with van der Waals surface area (Å²) < 4.78 is 34.9. The first-order valence-corrected chi connectivity index (χ1v) is 6.30. The normalized spacial score (nSPS) is 12.2. The lowest BCUT2D eigenvalue weighted by Gasteiger charge is -2.21. The van der Waals surface area contributed by atoms with Crippen LogP contribution in [0.3, 0.4) is 0 Å². The van der Waals surface area contributed by atoms with Gasteiger partial charge in [0, 0.05) is 11.1 Å². The van der Waals surface area contributed by atoms with Crippen LogP contribution in [0.15, 0.2) is 48.5 Å². The van der Waals surface area contributed by atoms with Gasteiger partial charge >= 0.3 is 6.61 Å². The zero-order chi connectivity index (χ0) is 15.2. The molecule has 0 amide bonds. The topological polar surface area (TPSA) is 56.5 Å². The van der Waals surface area contributed by atoms with Gasteiger partial charge in [-0.05, 0) is 12.1 Å². The molecule has 0 saturated heterocycles. The van der Waals surface area contributed by atoms with Crippen LogP contribution in [0.1, 0.15) is 17.2 Å². The Balaban J connectivity index is 2.46. The third kappa shape index (κ3) is 3.48. The maximum absolute atomic E-state index is 12.5. The number of ether oxygens (including phenoxy) is 2. The molecule has 1 unspecified atom stereocenters. The number of hydrazine groups is 1. The van der Waals surface area contributed by atoms with Gasteiger partial charge in [0.25, 0.3) is 0 Å². The summed E-state index contributed by atoms with van der Waals surface area (Å²) in [5, 5.41) is 0. The summed E-state index contributed by atoms with van der Waals surface area (Å²) in [4.78, 5) is 0. The number of rotatable bonds is 6. The number of para-hydroxylation sites is 2. The van der Waals surface area contributed by atoms with Crippen LogP contribution < -0.4 is 20.7 Å². The van der Waals surface area contributed by atoms with Crippen LogP contribution >= 0.6 is 0 Å². The van der Waals surface area contributed by atoms with Crippen molar-refractivity contribution in [3.8, 4) is 11.5 Å². The van der Waals surface area contributed by atoms with E-state index in [1.807, 2.05) is 18.2 Å². The van der Waals surface area contributed by atoms with Crippen LogP contribution in [0.4, 0.5) is 8.78 Å². The van der Waals surface area contributed by atoms with E-state index in [-0.39, 0.29) is 5.75 Å². The highest BCUT2D eigenvalue weighted by atomic mass is 19.3. The second-order valence-electron chi connectivity index (χ2n) is 4.26. The smallest absolute Gasteiger partial charge is 0.387 e. The summed E-state index contributed by atoms with van der Waals surface area (Å²) in [6.45, 7) is -2.90. The van der Waals surface area contributed by atoms with Gasteiger partial charge in [0.15, 0.2) is 0 Å².